The van der Waals surface area contributed by atoms with Crippen LogP contribution in [-0.4, -0.2) is 81.4 Å². The molecule has 0 N–H and O–H groups in total. The molecule has 0 aliphatic carbocycles. The first-order chi connectivity index (χ1) is 21.5. The molecule has 46 heavy (non-hydrogen) atoms. The number of nitriles is 1. The zero-order chi connectivity index (χ0) is 33.8. The molecule has 2 unspecified atom stereocenters. The number of likely N-dealkylation sites (tertiary alicyclic amines) is 2. The number of aryl methyl sites for hydroxylation is 1. The van der Waals surface area contributed by atoms with Gasteiger partial charge in [0.1, 0.15) is 29.6 Å². The van der Waals surface area contributed by atoms with Crippen LogP contribution in [0.1, 0.15) is 64.8 Å². The molecule has 1 aromatic carbocycles. The Kier molecular flexibility index (Phi) is 8.72. The highest BCUT2D eigenvalue weighted by molar-refractivity contribution is 7.81. The highest BCUT2D eigenvalue weighted by atomic mass is 32.1. The van der Waals surface area contributed by atoms with Gasteiger partial charge in [-0.25, -0.2) is 9.78 Å². The van der Waals surface area contributed by atoms with Crippen molar-refractivity contribution in [2.24, 2.45) is 0 Å². The third-order valence-electron chi connectivity index (χ3n) is 8.51. The number of piperazine rings is 1. The van der Waals surface area contributed by atoms with E-state index in [0.717, 1.165) is 35.7 Å². The summed E-state index contributed by atoms with van der Waals surface area (Å²) in [6.07, 6.45) is -2.53. The molecule has 246 valence electrons. The number of thiocarbonyl (C=S) groups is 1. The van der Waals surface area contributed by atoms with E-state index in [0.29, 0.717) is 37.6 Å². The molecule has 0 spiro atoms. The van der Waals surface area contributed by atoms with E-state index in [1.165, 1.54) is 6.07 Å². The van der Waals surface area contributed by atoms with Gasteiger partial charge < -0.3 is 19.3 Å². The van der Waals surface area contributed by atoms with Gasteiger partial charge in [0.25, 0.3) is 5.91 Å². The third-order valence-corrected chi connectivity index (χ3v) is 8.88. The first-order valence-corrected chi connectivity index (χ1v) is 15.5. The summed E-state index contributed by atoms with van der Waals surface area (Å²) < 4.78 is 52.7. The number of aromatic nitrogens is 1. The van der Waals surface area contributed by atoms with Crippen molar-refractivity contribution in [3.8, 4) is 11.8 Å². The van der Waals surface area contributed by atoms with Crippen LogP contribution in [-0.2, 0) is 22.1 Å². The lowest BCUT2D eigenvalue weighted by Crippen LogP contribution is -2.50. The van der Waals surface area contributed by atoms with Crippen LogP contribution in [0.15, 0.2) is 30.5 Å². The van der Waals surface area contributed by atoms with Crippen LogP contribution in [0.4, 0.5) is 29.3 Å². The average molecular weight is 659 g/mol. The molecule has 4 heterocycles. The van der Waals surface area contributed by atoms with Crippen LogP contribution in [0.3, 0.4) is 0 Å². The number of nitrogens with zero attached hydrogens (tertiary/aromatic N) is 6. The second kappa shape index (κ2) is 12.0. The number of rotatable bonds is 7. The largest absolute Gasteiger partial charge is 0.492 e. The van der Waals surface area contributed by atoms with E-state index >= 15 is 0 Å². The van der Waals surface area contributed by atoms with Crippen LogP contribution in [0, 0.1) is 11.3 Å². The van der Waals surface area contributed by atoms with Gasteiger partial charge in [-0.3, -0.25) is 14.6 Å². The number of benzene rings is 1. The number of halogens is 3. The predicted octanol–water partition coefficient (Wildman–Crippen LogP) is 5.52. The quantitative estimate of drug-likeness (QED) is 0.356. The lowest BCUT2D eigenvalue weighted by atomic mass is 10.0. The molecule has 2 atom stereocenters. The maximum Gasteiger partial charge on any atom is 0.419 e. The maximum absolute atomic E-state index is 13.6. The Morgan fingerprint density at radius 1 is 1.15 bits per heavy atom. The molecule has 3 saturated heterocycles. The highest BCUT2D eigenvalue weighted by Crippen LogP contribution is 2.40. The van der Waals surface area contributed by atoms with Gasteiger partial charge in [-0.1, -0.05) is 6.92 Å². The topological polar surface area (TPSA) is 102 Å². The monoisotopic (exact) mass is 658 g/mol. The molecule has 0 saturated carbocycles. The first-order valence-electron chi connectivity index (χ1n) is 15.1. The number of carbonyl (C=O) groups excluding carboxylic acids is 2. The van der Waals surface area contributed by atoms with Crippen molar-refractivity contribution >= 4 is 40.7 Å². The summed E-state index contributed by atoms with van der Waals surface area (Å²) >= 11 is 5.66. The number of hydrogen-bond acceptors (Lipinski definition) is 8. The van der Waals surface area contributed by atoms with E-state index < -0.39 is 34.5 Å². The molecule has 14 heteroatoms. The second-order valence-corrected chi connectivity index (χ2v) is 13.5. The third kappa shape index (κ3) is 6.22. The number of amides is 2. The standard InChI is InChI=1S/C32H37F3N6O4S/c1-7-19-12-20(8-9-26(19)44-11-10-38-17-23-13-22(38)18-39(23)29(43)45-30(2,3)4)41-28(46)40(27(42)31(41,5)6)21-14-24(32(33,34)35)25(15-36)37-16-21/h8-9,12,14,16,22-23H,7,10-11,13,17-18H2,1-6H3. The molecule has 0 radical (unpaired) electrons. The van der Waals surface area contributed by atoms with Crippen molar-refractivity contribution in [1.29, 1.82) is 5.26 Å². The van der Waals surface area contributed by atoms with Crippen molar-refractivity contribution in [2.75, 3.05) is 36.0 Å². The normalized spacial score (nSPS) is 21.3. The summed E-state index contributed by atoms with van der Waals surface area (Å²) in [5.74, 6) is 0.156. The van der Waals surface area contributed by atoms with Gasteiger partial charge in [-0.05, 0) is 89.5 Å². The molecular weight excluding hydrogens is 621 g/mol. The molecule has 10 nitrogen and oxygen atoms in total. The summed E-state index contributed by atoms with van der Waals surface area (Å²) in [7, 11) is 0. The van der Waals surface area contributed by atoms with Gasteiger partial charge >= 0.3 is 12.3 Å². The van der Waals surface area contributed by atoms with Crippen molar-refractivity contribution < 1.29 is 32.2 Å². The molecule has 2 aromatic rings. The smallest absolute Gasteiger partial charge is 0.419 e. The molecule has 3 fully saturated rings. The van der Waals surface area contributed by atoms with Crippen molar-refractivity contribution in [2.45, 2.75) is 83.8 Å². The SMILES string of the molecule is CCc1cc(N2C(=S)N(c3cnc(C#N)c(C(F)(F)F)c3)C(=O)C2(C)C)ccc1OCCN1CC2CC1CN2C(=O)OC(C)(C)C. The average Bonchev–Trinajstić information content (AvgIpc) is 3.62. The Morgan fingerprint density at radius 2 is 1.87 bits per heavy atom. The minimum atomic E-state index is -4.84. The zero-order valence-electron chi connectivity index (χ0n) is 26.6. The van der Waals surface area contributed by atoms with E-state index in [2.05, 4.69) is 9.88 Å². The van der Waals surface area contributed by atoms with Crippen LogP contribution >= 0.6 is 12.2 Å². The molecular formula is C32H37F3N6O4S. The zero-order valence-corrected chi connectivity index (χ0v) is 27.5. The molecule has 1 aromatic heterocycles. The Hall–Kier alpha value is -3.96. The molecule has 2 amide bonds. The Balaban J connectivity index is 1.27. The number of fused-ring (bicyclic) bond motifs is 2. The summed E-state index contributed by atoms with van der Waals surface area (Å²) in [4.78, 5) is 36.6. The minimum absolute atomic E-state index is 0.00475. The van der Waals surface area contributed by atoms with Crippen molar-refractivity contribution in [3.05, 3.63) is 47.3 Å². The molecule has 3 aliphatic heterocycles. The van der Waals surface area contributed by atoms with Gasteiger partial charge in [0.2, 0.25) is 0 Å². The number of anilines is 2. The van der Waals surface area contributed by atoms with Crippen LogP contribution < -0.4 is 14.5 Å². The Morgan fingerprint density at radius 3 is 2.46 bits per heavy atom. The van der Waals surface area contributed by atoms with Gasteiger partial charge in [0, 0.05) is 37.4 Å². The minimum Gasteiger partial charge on any atom is -0.492 e. The summed E-state index contributed by atoms with van der Waals surface area (Å²) in [5.41, 5.74) is -2.49. The van der Waals surface area contributed by atoms with Gasteiger partial charge in [0.15, 0.2) is 10.8 Å². The second-order valence-electron chi connectivity index (χ2n) is 13.2. The Labute approximate surface area is 271 Å². The van der Waals surface area contributed by atoms with Crippen molar-refractivity contribution in [3.63, 3.8) is 0 Å². The number of pyridine rings is 1. The lowest BCUT2D eigenvalue weighted by Gasteiger charge is -2.35. The van der Waals surface area contributed by atoms with E-state index in [1.54, 1.807) is 24.8 Å². The van der Waals surface area contributed by atoms with E-state index in [4.69, 9.17) is 27.0 Å². The van der Waals surface area contributed by atoms with Crippen LogP contribution in [0.25, 0.3) is 0 Å². The van der Waals surface area contributed by atoms with Gasteiger partial charge in [-0.15, -0.1) is 0 Å². The maximum atomic E-state index is 13.6. The van der Waals surface area contributed by atoms with E-state index in [1.807, 2.05) is 44.7 Å². The van der Waals surface area contributed by atoms with Crippen LogP contribution in [0.2, 0.25) is 0 Å². The number of alkyl halides is 3. The first kappa shape index (κ1) is 33.4. The fourth-order valence-corrected chi connectivity index (χ4v) is 6.82. The van der Waals surface area contributed by atoms with Gasteiger partial charge in [0.05, 0.1) is 17.4 Å². The fourth-order valence-electron chi connectivity index (χ4n) is 6.30. The lowest BCUT2D eigenvalue weighted by molar-refractivity contribution is -0.138. The molecule has 5 rings (SSSR count). The summed E-state index contributed by atoms with van der Waals surface area (Å²) in [6, 6.07) is 8.01. The fraction of sp³-hybridized carbons (Fsp3) is 0.531. The number of carbonyl (C=O) groups is 2. The predicted molar refractivity (Wildman–Crippen MR) is 169 cm³/mol. The Bertz CT molecular complexity index is 1600. The van der Waals surface area contributed by atoms with E-state index in [-0.39, 0.29) is 29.0 Å². The van der Waals surface area contributed by atoms with Crippen LogP contribution in [0.5, 0.6) is 5.75 Å². The summed E-state index contributed by atoms with van der Waals surface area (Å²) in [5, 5.41) is 9.12. The van der Waals surface area contributed by atoms with E-state index in [9.17, 15) is 22.8 Å². The highest BCUT2D eigenvalue weighted by Gasteiger charge is 2.51. The number of hydrogen-bond donors (Lipinski definition) is 0. The molecule has 2 bridgehead atoms. The summed E-state index contributed by atoms with van der Waals surface area (Å²) in [6.45, 7) is 13.4. The number of ether oxygens (including phenoxy) is 2. The molecule has 3 aliphatic rings. The van der Waals surface area contributed by atoms with Gasteiger partial charge in [-0.2, -0.15) is 18.4 Å². The van der Waals surface area contributed by atoms with Crippen molar-refractivity contribution in [1.82, 2.24) is 14.8 Å².